The second-order valence-electron chi connectivity index (χ2n) is 5.06. The normalized spacial score (nSPS) is 10.5. The van der Waals surface area contributed by atoms with Crippen LogP contribution in [0.4, 0.5) is 34.8 Å². The number of para-hydroxylation sites is 2. The zero-order valence-corrected chi connectivity index (χ0v) is 12.9. The maximum Gasteiger partial charge on any atom is 0.276 e. The van der Waals surface area contributed by atoms with Gasteiger partial charge in [0, 0.05) is 0 Å². The van der Waals surface area contributed by atoms with Crippen LogP contribution < -0.4 is 10.6 Å². The predicted octanol–water partition coefficient (Wildman–Crippen LogP) is 4.03. The van der Waals surface area contributed by atoms with Crippen molar-refractivity contribution < 1.29 is 22.4 Å². The van der Waals surface area contributed by atoms with E-state index >= 15 is 0 Å². The molecule has 0 saturated heterocycles. The molecule has 5 nitrogen and oxygen atoms in total. The van der Waals surface area contributed by atoms with Crippen molar-refractivity contribution in [2.75, 3.05) is 10.6 Å². The van der Waals surface area contributed by atoms with Crippen LogP contribution >= 0.6 is 0 Å². The van der Waals surface area contributed by atoms with Crippen molar-refractivity contribution in [2.45, 2.75) is 0 Å². The van der Waals surface area contributed by atoms with E-state index in [9.17, 15) is 22.4 Å². The highest BCUT2D eigenvalue weighted by Gasteiger charge is 2.15. The van der Waals surface area contributed by atoms with Crippen LogP contribution in [0.3, 0.4) is 0 Å². The maximum atomic E-state index is 13.6. The number of carbonyl (C=O) groups is 1. The molecular formula is C17H10F4N4O. The Bertz CT molecular complexity index is 923. The maximum absolute atomic E-state index is 13.6. The molecule has 3 rings (SSSR count). The minimum Gasteiger partial charge on any atom is -0.334 e. The molecule has 0 aliphatic rings. The summed E-state index contributed by atoms with van der Waals surface area (Å²) in [6.45, 7) is 0. The average Bonchev–Trinajstić information content (AvgIpc) is 2.62. The highest BCUT2D eigenvalue weighted by atomic mass is 19.1. The van der Waals surface area contributed by atoms with Crippen LogP contribution in [-0.4, -0.2) is 15.9 Å². The van der Waals surface area contributed by atoms with E-state index < -0.39 is 40.6 Å². The predicted molar refractivity (Wildman–Crippen MR) is 86.0 cm³/mol. The Labute approximate surface area is 144 Å². The molecule has 0 spiro atoms. The van der Waals surface area contributed by atoms with E-state index in [0.717, 1.165) is 42.7 Å². The number of nitrogens with zero attached hydrogens (tertiary/aromatic N) is 2. The highest BCUT2D eigenvalue weighted by molar-refractivity contribution is 6.02. The SMILES string of the molecule is O=C(Nc1c(F)cccc1F)c1cnc(Nc2c(F)cccc2F)cn1. The lowest BCUT2D eigenvalue weighted by Crippen LogP contribution is -2.16. The fourth-order valence-electron chi connectivity index (χ4n) is 2.05. The topological polar surface area (TPSA) is 66.9 Å². The zero-order chi connectivity index (χ0) is 18.7. The Morgan fingerprint density at radius 1 is 0.769 bits per heavy atom. The number of benzene rings is 2. The summed E-state index contributed by atoms with van der Waals surface area (Å²) >= 11 is 0. The Kier molecular flexibility index (Phi) is 4.78. The van der Waals surface area contributed by atoms with E-state index in [0.29, 0.717) is 0 Å². The van der Waals surface area contributed by atoms with Crippen LogP contribution in [0.2, 0.25) is 0 Å². The number of aromatic nitrogens is 2. The number of hydrogen-bond donors (Lipinski definition) is 2. The summed E-state index contributed by atoms with van der Waals surface area (Å²) in [7, 11) is 0. The van der Waals surface area contributed by atoms with Crippen LogP contribution in [0.5, 0.6) is 0 Å². The second kappa shape index (κ2) is 7.18. The van der Waals surface area contributed by atoms with E-state index in [4.69, 9.17) is 0 Å². The number of anilines is 3. The first-order valence-corrected chi connectivity index (χ1v) is 7.24. The van der Waals surface area contributed by atoms with Gasteiger partial charge in [-0.25, -0.2) is 27.5 Å². The van der Waals surface area contributed by atoms with Crippen molar-refractivity contribution in [2.24, 2.45) is 0 Å². The molecule has 1 heterocycles. The minimum absolute atomic E-state index is 0.0253. The molecule has 132 valence electrons. The van der Waals surface area contributed by atoms with Gasteiger partial charge in [0.2, 0.25) is 0 Å². The van der Waals surface area contributed by atoms with Gasteiger partial charge in [0.15, 0.2) is 0 Å². The first-order chi connectivity index (χ1) is 12.5. The highest BCUT2D eigenvalue weighted by Crippen LogP contribution is 2.22. The first-order valence-electron chi connectivity index (χ1n) is 7.24. The molecule has 0 fully saturated rings. The molecule has 0 bridgehead atoms. The van der Waals surface area contributed by atoms with Gasteiger partial charge in [-0.3, -0.25) is 4.79 Å². The summed E-state index contributed by atoms with van der Waals surface area (Å²) in [5.41, 5.74) is -1.28. The molecule has 0 unspecified atom stereocenters. The van der Waals surface area contributed by atoms with Crippen molar-refractivity contribution in [3.05, 3.63) is 77.8 Å². The van der Waals surface area contributed by atoms with Crippen LogP contribution in [-0.2, 0) is 0 Å². The molecule has 0 atom stereocenters. The van der Waals surface area contributed by atoms with Gasteiger partial charge in [-0.1, -0.05) is 12.1 Å². The van der Waals surface area contributed by atoms with Crippen LogP contribution in [0.25, 0.3) is 0 Å². The third-order valence-electron chi connectivity index (χ3n) is 3.30. The first kappa shape index (κ1) is 17.3. The quantitative estimate of drug-likeness (QED) is 0.688. The van der Waals surface area contributed by atoms with E-state index in [-0.39, 0.29) is 11.5 Å². The van der Waals surface area contributed by atoms with Crippen molar-refractivity contribution in [1.82, 2.24) is 9.97 Å². The molecule has 3 aromatic rings. The fourth-order valence-corrected chi connectivity index (χ4v) is 2.05. The molecule has 0 aliphatic heterocycles. The lowest BCUT2D eigenvalue weighted by Gasteiger charge is -2.09. The van der Waals surface area contributed by atoms with Crippen molar-refractivity contribution in [1.29, 1.82) is 0 Å². The van der Waals surface area contributed by atoms with Crippen LogP contribution in [0.1, 0.15) is 10.5 Å². The molecule has 0 saturated carbocycles. The number of rotatable bonds is 4. The van der Waals surface area contributed by atoms with Gasteiger partial charge in [0.1, 0.15) is 46.2 Å². The van der Waals surface area contributed by atoms with E-state index in [2.05, 4.69) is 20.6 Å². The van der Waals surface area contributed by atoms with Gasteiger partial charge >= 0.3 is 0 Å². The summed E-state index contributed by atoms with van der Waals surface area (Å²) in [5, 5.41) is 4.45. The number of carbonyl (C=O) groups excluding carboxylic acids is 1. The fraction of sp³-hybridized carbons (Fsp3) is 0. The minimum atomic E-state index is -0.945. The smallest absolute Gasteiger partial charge is 0.276 e. The molecule has 2 N–H and O–H groups in total. The third kappa shape index (κ3) is 3.61. The molecule has 0 radical (unpaired) electrons. The van der Waals surface area contributed by atoms with Crippen molar-refractivity contribution in [3.8, 4) is 0 Å². The van der Waals surface area contributed by atoms with Gasteiger partial charge < -0.3 is 10.6 Å². The van der Waals surface area contributed by atoms with E-state index in [1.54, 1.807) is 0 Å². The largest absolute Gasteiger partial charge is 0.334 e. The second-order valence-corrected chi connectivity index (χ2v) is 5.06. The summed E-state index contributed by atoms with van der Waals surface area (Å²) in [6.07, 6.45) is 2.05. The van der Waals surface area contributed by atoms with E-state index in [1.165, 1.54) is 6.07 Å². The molecule has 2 aromatic carbocycles. The van der Waals surface area contributed by atoms with Crippen LogP contribution in [0, 0.1) is 23.3 Å². The Balaban J connectivity index is 1.76. The molecule has 9 heteroatoms. The summed E-state index contributed by atoms with van der Waals surface area (Å²) in [6, 6.07) is 6.45. The van der Waals surface area contributed by atoms with E-state index in [1.807, 2.05) is 0 Å². The van der Waals surface area contributed by atoms with Crippen LogP contribution in [0.15, 0.2) is 48.8 Å². The van der Waals surface area contributed by atoms with Crippen molar-refractivity contribution in [3.63, 3.8) is 0 Å². The van der Waals surface area contributed by atoms with Gasteiger partial charge in [-0.15, -0.1) is 0 Å². The Morgan fingerprint density at radius 2 is 1.31 bits per heavy atom. The monoisotopic (exact) mass is 362 g/mol. The van der Waals surface area contributed by atoms with Crippen molar-refractivity contribution >= 4 is 23.1 Å². The molecule has 26 heavy (non-hydrogen) atoms. The van der Waals surface area contributed by atoms with Gasteiger partial charge in [0.25, 0.3) is 5.91 Å². The Morgan fingerprint density at radius 3 is 1.81 bits per heavy atom. The lowest BCUT2D eigenvalue weighted by atomic mass is 10.2. The van der Waals surface area contributed by atoms with Gasteiger partial charge in [-0.05, 0) is 24.3 Å². The third-order valence-corrected chi connectivity index (χ3v) is 3.30. The number of hydrogen-bond acceptors (Lipinski definition) is 4. The number of halogens is 4. The standard InChI is InChI=1S/C17H10F4N4O/c18-9-3-1-4-10(19)15(9)24-14-8-22-13(7-23-14)17(26)25-16-11(20)5-2-6-12(16)21/h1-8H,(H,23,24)(H,25,26). The molecule has 1 aromatic heterocycles. The molecule has 1 amide bonds. The van der Waals surface area contributed by atoms with Gasteiger partial charge in [0.05, 0.1) is 12.4 Å². The lowest BCUT2D eigenvalue weighted by molar-refractivity contribution is 0.102. The number of amides is 1. The van der Waals surface area contributed by atoms with Gasteiger partial charge in [-0.2, -0.15) is 0 Å². The zero-order valence-electron chi connectivity index (χ0n) is 12.9. The number of nitrogens with one attached hydrogen (secondary N) is 2. The summed E-state index contributed by atoms with van der Waals surface area (Å²) < 4.78 is 54.2. The summed E-state index contributed by atoms with van der Waals surface area (Å²) in [5.74, 6) is -4.47. The molecule has 0 aliphatic carbocycles. The average molecular weight is 362 g/mol. The molecular weight excluding hydrogens is 352 g/mol. The Hall–Kier alpha value is -3.49. The summed E-state index contributed by atoms with van der Waals surface area (Å²) in [4.78, 5) is 19.6.